The van der Waals surface area contributed by atoms with Crippen molar-refractivity contribution in [3.63, 3.8) is 0 Å². The van der Waals surface area contributed by atoms with Crippen molar-refractivity contribution in [3.05, 3.63) is 24.3 Å². The lowest BCUT2D eigenvalue weighted by molar-refractivity contribution is -0.153. The Balaban J connectivity index is 1.86. The van der Waals surface area contributed by atoms with E-state index in [9.17, 15) is 18.0 Å². The fraction of sp³-hybridized carbons (Fsp3) is 0.533. The van der Waals surface area contributed by atoms with Crippen molar-refractivity contribution in [1.29, 1.82) is 0 Å². The number of halogens is 3. The molecule has 0 spiro atoms. The molecule has 0 aliphatic carbocycles. The number of alkyl halides is 3. The van der Waals surface area contributed by atoms with Crippen LogP contribution in [-0.2, 0) is 4.79 Å². The summed E-state index contributed by atoms with van der Waals surface area (Å²) >= 11 is 0. The van der Waals surface area contributed by atoms with Gasteiger partial charge in [0.1, 0.15) is 5.75 Å². The van der Waals surface area contributed by atoms with Crippen LogP contribution in [0.1, 0.15) is 19.3 Å². The Morgan fingerprint density at radius 2 is 2.14 bits per heavy atom. The van der Waals surface area contributed by atoms with Gasteiger partial charge in [0.25, 0.3) is 0 Å². The van der Waals surface area contributed by atoms with E-state index in [2.05, 4.69) is 10.6 Å². The molecule has 0 aromatic heterocycles. The minimum Gasteiger partial charge on any atom is -0.482 e. The number of carbonyl (C=O) groups is 1. The predicted octanol–water partition coefficient (Wildman–Crippen LogP) is 2.96. The highest BCUT2D eigenvalue weighted by molar-refractivity contribution is 5.92. The molecule has 2 N–H and O–H groups in total. The molecule has 0 radical (unpaired) electrons. The second-order valence-corrected chi connectivity index (χ2v) is 5.35. The molecule has 1 aromatic rings. The smallest absolute Gasteiger partial charge is 0.422 e. The lowest BCUT2D eigenvalue weighted by Crippen LogP contribution is -2.20. The molecule has 1 fully saturated rings. The van der Waals surface area contributed by atoms with Crippen LogP contribution in [0, 0.1) is 5.92 Å². The van der Waals surface area contributed by atoms with Gasteiger partial charge in [-0.2, -0.15) is 13.2 Å². The lowest BCUT2D eigenvalue weighted by atomic mass is 10.0. The highest BCUT2D eigenvalue weighted by atomic mass is 19.4. The van der Waals surface area contributed by atoms with Crippen molar-refractivity contribution in [3.8, 4) is 5.75 Å². The van der Waals surface area contributed by atoms with E-state index in [1.54, 1.807) is 12.1 Å². The molecule has 1 heterocycles. The summed E-state index contributed by atoms with van der Waals surface area (Å²) in [6, 6.07) is 6.13. The van der Waals surface area contributed by atoms with Crippen LogP contribution in [0.2, 0.25) is 0 Å². The largest absolute Gasteiger partial charge is 0.482 e. The van der Waals surface area contributed by atoms with Gasteiger partial charge in [-0.1, -0.05) is 12.1 Å². The third-order valence-corrected chi connectivity index (χ3v) is 3.49. The van der Waals surface area contributed by atoms with E-state index in [0.717, 1.165) is 25.9 Å². The average Bonchev–Trinajstić information content (AvgIpc) is 2.97. The van der Waals surface area contributed by atoms with E-state index in [1.807, 2.05) is 0 Å². The van der Waals surface area contributed by atoms with E-state index in [-0.39, 0.29) is 17.3 Å². The second-order valence-electron chi connectivity index (χ2n) is 5.35. The molecular formula is C15H19F3N2O2. The number of anilines is 1. The Labute approximate surface area is 127 Å². The van der Waals surface area contributed by atoms with Crippen molar-refractivity contribution in [2.75, 3.05) is 25.0 Å². The zero-order valence-corrected chi connectivity index (χ0v) is 12.1. The zero-order chi connectivity index (χ0) is 16.0. The Morgan fingerprint density at radius 3 is 2.82 bits per heavy atom. The number of amides is 1. The maximum atomic E-state index is 12.2. The van der Waals surface area contributed by atoms with Gasteiger partial charge in [-0.15, -0.1) is 0 Å². The molecule has 4 nitrogen and oxygen atoms in total. The van der Waals surface area contributed by atoms with Crippen LogP contribution in [0.3, 0.4) is 0 Å². The monoisotopic (exact) mass is 316 g/mol. The second kappa shape index (κ2) is 7.49. The van der Waals surface area contributed by atoms with E-state index in [4.69, 9.17) is 4.74 Å². The van der Waals surface area contributed by atoms with Gasteiger partial charge in [0.2, 0.25) is 5.91 Å². The fourth-order valence-electron chi connectivity index (χ4n) is 2.36. The van der Waals surface area contributed by atoms with Crippen LogP contribution in [0.4, 0.5) is 18.9 Å². The molecule has 1 amide bonds. The molecular weight excluding hydrogens is 297 g/mol. The Bertz CT molecular complexity index is 500. The molecule has 1 atom stereocenters. The number of nitrogens with one attached hydrogen (secondary N) is 2. The Hall–Kier alpha value is -1.76. The molecule has 2 rings (SSSR count). The van der Waals surface area contributed by atoms with E-state index >= 15 is 0 Å². The number of rotatable bonds is 6. The molecule has 1 unspecified atom stereocenters. The third kappa shape index (κ3) is 5.55. The van der Waals surface area contributed by atoms with Crippen LogP contribution in [0.25, 0.3) is 0 Å². The van der Waals surface area contributed by atoms with Crippen LogP contribution in [0.15, 0.2) is 24.3 Å². The number of hydrogen-bond donors (Lipinski definition) is 2. The number of hydrogen-bond acceptors (Lipinski definition) is 3. The molecule has 22 heavy (non-hydrogen) atoms. The van der Waals surface area contributed by atoms with Crippen LogP contribution in [-0.4, -0.2) is 31.8 Å². The normalized spacial score (nSPS) is 18.2. The van der Waals surface area contributed by atoms with Crippen LogP contribution in [0.5, 0.6) is 5.75 Å². The fourth-order valence-corrected chi connectivity index (χ4v) is 2.36. The van der Waals surface area contributed by atoms with E-state index in [1.165, 1.54) is 12.1 Å². The Morgan fingerprint density at radius 1 is 1.36 bits per heavy atom. The highest BCUT2D eigenvalue weighted by Crippen LogP contribution is 2.26. The minimum absolute atomic E-state index is 0.0238. The van der Waals surface area contributed by atoms with Crippen LogP contribution < -0.4 is 15.4 Å². The average molecular weight is 316 g/mol. The van der Waals surface area contributed by atoms with Gasteiger partial charge in [-0.05, 0) is 44.0 Å². The number of carbonyl (C=O) groups excluding carboxylic acids is 1. The number of ether oxygens (including phenoxy) is 1. The highest BCUT2D eigenvalue weighted by Gasteiger charge is 2.28. The molecule has 0 bridgehead atoms. The van der Waals surface area contributed by atoms with Gasteiger partial charge in [0.05, 0.1) is 5.69 Å². The van der Waals surface area contributed by atoms with Crippen molar-refractivity contribution in [1.82, 2.24) is 5.32 Å². The van der Waals surface area contributed by atoms with E-state index < -0.39 is 12.8 Å². The standard InChI is InChI=1S/C15H19F3N2O2/c16-15(17,18)10-22-13-4-2-1-3-12(13)20-14(21)6-5-11-7-8-19-9-11/h1-4,11,19H,5-10H2,(H,20,21). The van der Waals surface area contributed by atoms with Gasteiger partial charge in [0, 0.05) is 6.42 Å². The summed E-state index contributed by atoms with van der Waals surface area (Å²) in [6.07, 6.45) is -2.24. The molecule has 122 valence electrons. The van der Waals surface area contributed by atoms with Gasteiger partial charge in [-0.25, -0.2) is 0 Å². The van der Waals surface area contributed by atoms with Gasteiger partial charge in [-0.3, -0.25) is 4.79 Å². The summed E-state index contributed by atoms with van der Waals surface area (Å²) in [5.74, 6) is 0.299. The van der Waals surface area contributed by atoms with Crippen molar-refractivity contribution in [2.45, 2.75) is 25.4 Å². The molecule has 1 aromatic carbocycles. The molecule has 0 saturated carbocycles. The van der Waals surface area contributed by atoms with Crippen molar-refractivity contribution >= 4 is 11.6 Å². The summed E-state index contributed by atoms with van der Waals surface area (Å²) < 4.78 is 41.4. The quantitative estimate of drug-likeness (QED) is 0.848. The maximum absolute atomic E-state index is 12.2. The first kappa shape index (κ1) is 16.6. The van der Waals surface area contributed by atoms with E-state index in [0.29, 0.717) is 12.3 Å². The zero-order valence-electron chi connectivity index (χ0n) is 12.1. The van der Waals surface area contributed by atoms with Gasteiger partial charge < -0.3 is 15.4 Å². The van der Waals surface area contributed by atoms with Gasteiger partial charge >= 0.3 is 6.18 Å². The van der Waals surface area contributed by atoms with Gasteiger partial charge in [0.15, 0.2) is 6.61 Å². The summed E-state index contributed by atoms with van der Waals surface area (Å²) in [5.41, 5.74) is 0.265. The maximum Gasteiger partial charge on any atom is 0.422 e. The lowest BCUT2D eigenvalue weighted by Gasteiger charge is -2.14. The SMILES string of the molecule is O=C(CCC1CCNC1)Nc1ccccc1OCC(F)(F)F. The first-order valence-electron chi connectivity index (χ1n) is 7.23. The minimum atomic E-state index is -4.41. The topological polar surface area (TPSA) is 50.4 Å². The summed E-state index contributed by atoms with van der Waals surface area (Å²) in [7, 11) is 0. The molecule has 7 heteroatoms. The first-order valence-corrected chi connectivity index (χ1v) is 7.23. The number of benzene rings is 1. The third-order valence-electron chi connectivity index (χ3n) is 3.49. The van der Waals surface area contributed by atoms with Crippen molar-refractivity contribution < 1.29 is 22.7 Å². The molecule has 1 aliphatic heterocycles. The molecule has 1 saturated heterocycles. The first-order chi connectivity index (χ1) is 10.4. The predicted molar refractivity (Wildman–Crippen MR) is 76.8 cm³/mol. The van der Waals surface area contributed by atoms with Crippen LogP contribution >= 0.6 is 0 Å². The number of para-hydroxylation sites is 2. The van der Waals surface area contributed by atoms with Crippen molar-refractivity contribution in [2.24, 2.45) is 5.92 Å². The summed E-state index contributed by atoms with van der Waals surface area (Å²) in [5, 5.41) is 5.85. The molecule has 1 aliphatic rings. The summed E-state index contributed by atoms with van der Waals surface area (Å²) in [4.78, 5) is 11.9. The Kier molecular flexibility index (Phi) is 5.65. The summed E-state index contributed by atoms with van der Waals surface area (Å²) in [6.45, 7) is 0.507.